The number of hydrogen-bond donors (Lipinski definition) is 1. The van der Waals surface area contributed by atoms with Crippen LogP contribution in [-0.2, 0) is 16.6 Å². The minimum absolute atomic E-state index is 0.0620. The SMILES string of the molecule is O=c1n(CCNS(=O)(=O)c2ccc(Br)cc2)nc(-c2cccnc2)n1C1CC1. The molecule has 1 aliphatic rings. The molecule has 1 fully saturated rings. The molecule has 2 aromatic heterocycles. The van der Waals surface area contributed by atoms with Crippen molar-refractivity contribution in [3.05, 3.63) is 63.7 Å². The summed E-state index contributed by atoms with van der Waals surface area (Å²) in [4.78, 5) is 17.0. The minimum Gasteiger partial charge on any atom is -0.272 e. The number of nitrogens with zero attached hydrogens (tertiary/aromatic N) is 4. The van der Waals surface area contributed by atoms with Crippen LogP contribution in [0.2, 0.25) is 0 Å². The highest BCUT2D eigenvalue weighted by Crippen LogP contribution is 2.36. The lowest BCUT2D eigenvalue weighted by Crippen LogP contribution is -2.32. The fourth-order valence-corrected chi connectivity index (χ4v) is 4.19. The Hall–Kier alpha value is -2.30. The molecule has 10 heteroatoms. The molecule has 2 heterocycles. The lowest BCUT2D eigenvalue weighted by atomic mass is 10.3. The average molecular weight is 464 g/mol. The van der Waals surface area contributed by atoms with Crippen LogP contribution in [0.1, 0.15) is 18.9 Å². The van der Waals surface area contributed by atoms with Gasteiger partial charge in [0.1, 0.15) is 0 Å². The molecule has 3 aromatic rings. The maximum Gasteiger partial charge on any atom is 0.346 e. The first kappa shape index (κ1) is 19.0. The Kier molecular flexibility index (Phi) is 5.17. The normalized spacial score (nSPS) is 14.3. The first-order valence-electron chi connectivity index (χ1n) is 8.81. The van der Waals surface area contributed by atoms with Crippen molar-refractivity contribution in [2.45, 2.75) is 30.3 Å². The molecule has 0 aliphatic heterocycles. The van der Waals surface area contributed by atoms with Gasteiger partial charge in [0.05, 0.1) is 11.4 Å². The topological polar surface area (TPSA) is 98.9 Å². The largest absolute Gasteiger partial charge is 0.346 e. The molecule has 1 aliphatic carbocycles. The Bertz CT molecular complexity index is 1140. The van der Waals surface area contributed by atoms with Crippen molar-refractivity contribution in [1.29, 1.82) is 0 Å². The fraction of sp³-hybridized carbons (Fsp3) is 0.278. The van der Waals surface area contributed by atoms with Crippen LogP contribution in [0.3, 0.4) is 0 Å². The highest BCUT2D eigenvalue weighted by atomic mass is 79.9. The van der Waals surface area contributed by atoms with Crippen molar-refractivity contribution in [2.24, 2.45) is 0 Å². The van der Waals surface area contributed by atoms with E-state index >= 15 is 0 Å². The highest BCUT2D eigenvalue weighted by molar-refractivity contribution is 9.10. The van der Waals surface area contributed by atoms with Gasteiger partial charge in [0.25, 0.3) is 0 Å². The number of sulfonamides is 1. The van der Waals surface area contributed by atoms with Gasteiger partial charge >= 0.3 is 5.69 Å². The van der Waals surface area contributed by atoms with E-state index in [1.807, 2.05) is 6.07 Å². The Labute approximate surface area is 170 Å². The van der Waals surface area contributed by atoms with E-state index in [1.165, 1.54) is 16.8 Å². The molecule has 4 rings (SSSR count). The summed E-state index contributed by atoms with van der Waals surface area (Å²) in [5, 5.41) is 4.43. The summed E-state index contributed by atoms with van der Waals surface area (Å²) >= 11 is 3.28. The Balaban J connectivity index is 1.53. The van der Waals surface area contributed by atoms with Gasteiger partial charge in [-0.3, -0.25) is 9.55 Å². The van der Waals surface area contributed by atoms with Crippen molar-refractivity contribution in [2.75, 3.05) is 6.54 Å². The Morgan fingerprint density at radius 1 is 1.18 bits per heavy atom. The van der Waals surface area contributed by atoms with E-state index in [9.17, 15) is 13.2 Å². The molecule has 8 nitrogen and oxygen atoms in total. The van der Waals surface area contributed by atoms with Crippen molar-refractivity contribution in [1.82, 2.24) is 24.1 Å². The third kappa shape index (κ3) is 3.94. The number of benzene rings is 1. The monoisotopic (exact) mass is 463 g/mol. The fourth-order valence-electron chi connectivity index (χ4n) is 2.90. The van der Waals surface area contributed by atoms with Gasteiger partial charge in [-0.1, -0.05) is 15.9 Å². The second-order valence-corrected chi connectivity index (χ2v) is 9.21. The zero-order valence-electron chi connectivity index (χ0n) is 14.8. The number of hydrogen-bond acceptors (Lipinski definition) is 5. The summed E-state index contributed by atoms with van der Waals surface area (Å²) in [7, 11) is -3.65. The average Bonchev–Trinajstić information content (AvgIpc) is 3.47. The van der Waals surface area contributed by atoms with Gasteiger partial charge in [-0.2, -0.15) is 0 Å². The van der Waals surface area contributed by atoms with Gasteiger partial charge in [0.2, 0.25) is 10.0 Å². The predicted molar refractivity (Wildman–Crippen MR) is 107 cm³/mol. The number of rotatable bonds is 7. The Morgan fingerprint density at radius 3 is 2.57 bits per heavy atom. The second kappa shape index (κ2) is 7.61. The van der Waals surface area contributed by atoms with Crippen LogP contribution in [0.25, 0.3) is 11.4 Å². The molecule has 0 amide bonds. The number of nitrogens with one attached hydrogen (secondary N) is 1. The molecule has 0 unspecified atom stereocenters. The van der Waals surface area contributed by atoms with Gasteiger partial charge in [-0.05, 0) is 49.2 Å². The van der Waals surface area contributed by atoms with Crippen LogP contribution in [0.5, 0.6) is 0 Å². The smallest absolute Gasteiger partial charge is 0.272 e. The molecule has 146 valence electrons. The molecular weight excluding hydrogens is 446 g/mol. The number of pyridine rings is 1. The standard InChI is InChI=1S/C18H18BrN5O3S/c19-14-3-7-16(8-4-14)28(26,27)21-10-11-23-18(25)24(15-5-6-15)17(22-23)13-2-1-9-20-12-13/h1-4,7-9,12,15,21H,5-6,10-11H2. The third-order valence-corrected chi connectivity index (χ3v) is 6.45. The molecule has 0 bridgehead atoms. The van der Waals surface area contributed by atoms with E-state index in [4.69, 9.17) is 0 Å². The molecule has 1 saturated carbocycles. The van der Waals surface area contributed by atoms with E-state index in [-0.39, 0.29) is 29.7 Å². The quantitative estimate of drug-likeness (QED) is 0.578. The molecule has 1 aromatic carbocycles. The van der Waals surface area contributed by atoms with Crippen LogP contribution in [-0.4, -0.2) is 34.3 Å². The van der Waals surface area contributed by atoms with Crippen LogP contribution < -0.4 is 10.4 Å². The maximum atomic E-state index is 12.8. The maximum absolute atomic E-state index is 12.8. The summed E-state index contributed by atoms with van der Waals surface area (Å²) in [6.45, 7) is 0.202. The van der Waals surface area contributed by atoms with E-state index in [1.54, 1.807) is 35.2 Å². The summed E-state index contributed by atoms with van der Waals surface area (Å²) in [6.07, 6.45) is 5.21. The summed E-state index contributed by atoms with van der Waals surface area (Å²) in [5.74, 6) is 0.566. The van der Waals surface area contributed by atoms with E-state index in [0.717, 1.165) is 22.9 Å². The first-order chi connectivity index (χ1) is 13.5. The predicted octanol–water partition coefficient (Wildman–Crippen LogP) is 2.18. The Morgan fingerprint density at radius 2 is 1.93 bits per heavy atom. The van der Waals surface area contributed by atoms with Gasteiger partial charge in [0, 0.05) is 35.0 Å². The van der Waals surface area contributed by atoms with Crippen molar-refractivity contribution in [3.63, 3.8) is 0 Å². The second-order valence-electron chi connectivity index (χ2n) is 6.52. The van der Waals surface area contributed by atoms with Gasteiger partial charge in [-0.25, -0.2) is 22.6 Å². The molecule has 0 spiro atoms. The van der Waals surface area contributed by atoms with E-state index in [2.05, 4.69) is 30.7 Å². The van der Waals surface area contributed by atoms with Gasteiger partial charge < -0.3 is 0 Å². The third-order valence-electron chi connectivity index (χ3n) is 4.44. The summed E-state index contributed by atoms with van der Waals surface area (Å²) in [5.41, 5.74) is 0.532. The van der Waals surface area contributed by atoms with Crippen molar-refractivity contribution in [3.8, 4) is 11.4 Å². The zero-order chi connectivity index (χ0) is 19.7. The molecule has 0 radical (unpaired) electrons. The molecule has 28 heavy (non-hydrogen) atoms. The molecule has 1 N–H and O–H groups in total. The minimum atomic E-state index is -3.65. The van der Waals surface area contributed by atoms with E-state index in [0.29, 0.717) is 5.82 Å². The van der Waals surface area contributed by atoms with Crippen LogP contribution in [0.4, 0.5) is 0 Å². The lowest BCUT2D eigenvalue weighted by Gasteiger charge is -2.06. The van der Waals surface area contributed by atoms with Crippen LogP contribution >= 0.6 is 15.9 Å². The summed E-state index contributed by atoms with van der Waals surface area (Å²) in [6, 6.07) is 10.2. The van der Waals surface area contributed by atoms with Gasteiger partial charge in [-0.15, -0.1) is 5.10 Å². The van der Waals surface area contributed by atoms with Gasteiger partial charge in [0.15, 0.2) is 5.82 Å². The summed E-state index contributed by atoms with van der Waals surface area (Å²) < 4.78 is 31.1. The number of halogens is 1. The first-order valence-corrected chi connectivity index (χ1v) is 11.1. The van der Waals surface area contributed by atoms with Crippen LogP contribution in [0.15, 0.2) is 63.0 Å². The number of aromatic nitrogens is 4. The molecular formula is C18H18BrN5O3S. The molecule has 0 atom stereocenters. The molecule has 0 saturated heterocycles. The van der Waals surface area contributed by atoms with Crippen LogP contribution in [0, 0.1) is 0 Å². The van der Waals surface area contributed by atoms with Crippen molar-refractivity contribution >= 4 is 26.0 Å². The van der Waals surface area contributed by atoms with E-state index < -0.39 is 10.0 Å². The van der Waals surface area contributed by atoms with Crippen molar-refractivity contribution < 1.29 is 8.42 Å². The highest BCUT2D eigenvalue weighted by Gasteiger charge is 2.30. The lowest BCUT2D eigenvalue weighted by molar-refractivity contribution is 0.547. The zero-order valence-corrected chi connectivity index (χ0v) is 17.2.